The number of hydrogen-bond donors (Lipinski definition) is 2. The predicted octanol–water partition coefficient (Wildman–Crippen LogP) is 1.97. The lowest BCUT2D eigenvalue weighted by atomic mass is 9.96. The van der Waals surface area contributed by atoms with E-state index < -0.39 is 30.6 Å². The minimum absolute atomic E-state index is 0.0655. The summed E-state index contributed by atoms with van der Waals surface area (Å²) in [6, 6.07) is 5.90. The molecule has 2 N–H and O–H groups in total. The highest BCUT2D eigenvalue weighted by Crippen LogP contribution is 2.17. The average molecular weight is 376 g/mol. The van der Waals surface area contributed by atoms with E-state index in [-0.39, 0.29) is 11.8 Å². The monoisotopic (exact) mass is 376 g/mol. The Balaban J connectivity index is 1.73. The number of nitrogens with one attached hydrogen (secondary N) is 2. The zero-order valence-electron chi connectivity index (χ0n) is 15.2. The number of hydrogen-bond acceptors (Lipinski definition) is 6. The summed E-state index contributed by atoms with van der Waals surface area (Å²) in [7, 11) is 0. The van der Waals surface area contributed by atoms with Gasteiger partial charge in [-0.05, 0) is 31.9 Å². The molecule has 1 saturated carbocycles. The van der Waals surface area contributed by atoms with Crippen LogP contribution < -0.4 is 15.4 Å². The number of urea groups is 1. The fourth-order valence-corrected chi connectivity index (χ4v) is 2.81. The standard InChI is InChI=1S/C19H24N2O6/c1-13(18(24)21-19(25)20-15-8-3-2-4-9-15)27-17(23)12-26-16-10-6-5-7-14(16)11-22/h5-7,10-11,13,15H,2-4,8-9,12H2,1H3,(H2,20,21,24,25)/t13-/m1/s1. The Morgan fingerprint density at radius 1 is 1.19 bits per heavy atom. The van der Waals surface area contributed by atoms with Crippen LogP contribution in [0.4, 0.5) is 4.79 Å². The molecule has 8 heteroatoms. The summed E-state index contributed by atoms with van der Waals surface area (Å²) in [4.78, 5) is 46.5. The van der Waals surface area contributed by atoms with Gasteiger partial charge in [0.25, 0.3) is 5.91 Å². The highest BCUT2D eigenvalue weighted by Gasteiger charge is 2.22. The van der Waals surface area contributed by atoms with Gasteiger partial charge in [-0.3, -0.25) is 14.9 Å². The van der Waals surface area contributed by atoms with E-state index in [4.69, 9.17) is 9.47 Å². The van der Waals surface area contributed by atoms with Crippen LogP contribution >= 0.6 is 0 Å². The molecule has 0 unspecified atom stereocenters. The first kappa shape index (κ1) is 20.4. The van der Waals surface area contributed by atoms with E-state index in [0.717, 1.165) is 32.1 Å². The zero-order chi connectivity index (χ0) is 19.6. The molecule has 0 aliphatic heterocycles. The quantitative estimate of drug-likeness (QED) is 0.556. The van der Waals surface area contributed by atoms with Crippen molar-refractivity contribution in [2.24, 2.45) is 0 Å². The molecule has 0 saturated heterocycles. The second-order valence-corrected chi connectivity index (χ2v) is 6.37. The summed E-state index contributed by atoms with van der Waals surface area (Å²) >= 11 is 0. The first-order valence-corrected chi connectivity index (χ1v) is 8.97. The van der Waals surface area contributed by atoms with Crippen molar-refractivity contribution in [1.82, 2.24) is 10.6 Å². The van der Waals surface area contributed by atoms with Crippen LogP contribution in [0.25, 0.3) is 0 Å². The summed E-state index contributed by atoms with van der Waals surface area (Å²) in [6.45, 7) is 0.900. The van der Waals surface area contributed by atoms with Gasteiger partial charge < -0.3 is 14.8 Å². The first-order valence-electron chi connectivity index (χ1n) is 8.97. The lowest BCUT2D eigenvalue weighted by Gasteiger charge is -2.23. The minimum atomic E-state index is -1.15. The summed E-state index contributed by atoms with van der Waals surface area (Å²) in [6.07, 6.45) is 4.52. The SMILES string of the molecule is C[C@@H](OC(=O)COc1ccccc1C=O)C(=O)NC(=O)NC1CCCCC1. The Kier molecular flexibility index (Phi) is 7.79. The second kappa shape index (κ2) is 10.3. The fraction of sp³-hybridized carbons (Fsp3) is 0.474. The molecule has 1 aliphatic rings. The summed E-state index contributed by atoms with van der Waals surface area (Å²) in [5.41, 5.74) is 0.301. The number of rotatable bonds is 7. The molecule has 2 rings (SSSR count). The topological polar surface area (TPSA) is 111 Å². The van der Waals surface area contributed by atoms with Gasteiger partial charge >= 0.3 is 12.0 Å². The average Bonchev–Trinajstić information content (AvgIpc) is 2.67. The smallest absolute Gasteiger partial charge is 0.344 e. The van der Waals surface area contributed by atoms with E-state index >= 15 is 0 Å². The number of carbonyl (C=O) groups excluding carboxylic acids is 4. The van der Waals surface area contributed by atoms with Crippen LogP contribution in [0.5, 0.6) is 5.75 Å². The number of esters is 1. The molecule has 0 radical (unpaired) electrons. The lowest BCUT2D eigenvalue weighted by Crippen LogP contribution is -2.48. The summed E-state index contributed by atoms with van der Waals surface area (Å²) in [5, 5.41) is 4.92. The Morgan fingerprint density at radius 2 is 1.89 bits per heavy atom. The Hall–Kier alpha value is -2.90. The number of carbonyl (C=O) groups is 4. The van der Waals surface area contributed by atoms with E-state index in [1.165, 1.54) is 6.92 Å². The summed E-state index contributed by atoms with van der Waals surface area (Å²) in [5.74, 6) is -1.26. The molecule has 0 bridgehead atoms. The zero-order valence-corrected chi connectivity index (χ0v) is 15.2. The number of imide groups is 1. The van der Waals surface area contributed by atoms with E-state index in [9.17, 15) is 19.2 Å². The molecular formula is C19H24N2O6. The van der Waals surface area contributed by atoms with Crippen molar-refractivity contribution in [3.05, 3.63) is 29.8 Å². The lowest BCUT2D eigenvalue weighted by molar-refractivity contribution is -0.156. The van der Waals surface area contributed by atoms with Gasteiger partial charge in [-0.2, -0.15) is 0 Å². The number of amides is 3. The van der Waals surface area contributed by atoms with Gasteiger partial charge in [0.1, 0.15) is 5.75 Å². The van der Waals surface area contributed by atoms with E-state index in [1.807, 2.05) is 0 Å². The second-order valence-electron chi connectivity index (χ2n) is 6.37. The van der Waals surface area contributed by atoms with Crippen molar-refractivity contribution in [3.63, 3.8) is 0 Å². The molecule has 0 spiro atoms. The van der Waals surface area contributed by atoms with Crippen LogP contribution in [-0.2, 0) is 14.3 Å². The Bertz CT molecular complexity index is 685. The molecule has 0 heterocycles. The van der Waals surface area contributed by atoms with Gasteiger partial charge in [-0.25, -0.2) is 9.59 Å². The molecule has 3 amide bonds. The maximum atomic E-state index is 12.0. The Labute approximate surface area is 157 Å². The van der Waals surface area contributed by atoms with Crippen molar-refractivity contribution in [1.29, 1.82) is 0 Å². The van der Waals surface area contributed by atoms with Crippen molar-refractivity contribution in [2.45, 2.75) is 51.2 Å². The van der Waals surface area contributed by atoms with Crippen LogP contribution in [0, 0.1) is 0 Å². The summed E-state index contributed by atoms with van der Waals surface area (Å²) < 4.78 is 10.2. The molecule has 1 aliphatic carbocycles. The third-order valence-corrected chi connectivity index (χ3v) is 4.25. The first-order chi connectivity index (χ1) is 13.0. The highest BCUT2D eigenvalue weighted by atomic mass is 16.6. The van der Waals surface area contributed by atoms with Gasteiger partial charge in [0, 0.05) is 6.04 Å². The van der Waals surface area contributed by atoms with E-state index in [2.05, 4.69) is 10.6 Å². The molecule has 1 fully saturated rings. The molecule has 1 aromatic carbocycles. The maximum absolute atomic E-state index is 12.0. The number of aldehydes is 1. The van der Waals surface area contributed by atoms with Crippen LogP contribution in [0.1, 0.15) is 49.4 Å². The molecule has 0 aromatic heterocycles. The fourth-order valence-electron chi connectivity index (χ4n) is 2.81. The molecule has 1 atom stereocenters. The van der Waals surface area contributed by atoms with E-state index in [1.54, 1.807) is 24.3 Å². The molecule has 146 valence electrons. The Morgan fingerprint density at radius 3 is 2.59 bits per heavy atom. The predicted molar refractivity (Wildman–Crippen MR) is 96.4 cm³/mol. The van der Waals surface area contributed by atoms with Gasteiger partial charge in [-0.1, -0.05) is 31.4 Å². The number of ether oxygens (including phenoxy) is 2. The van der Waals surface area contributed by atoms with Crippen molar-refractivity contribution >= 4 is 24.2 Å². The van der Waals surface area contributed by atoms with Gasteiger partial charge in [0.2, 0.25) is 0 Å². The van der Waals surface area contributed by atoms with Crippen molar-refractivity contribution in [3.8, 4) is 5.75 Å². The maximum Gasteiger partial charge on any atom is 0.344 e. The van der Waals surface area contributed by atoms with Crippen molar-refractivity contribution < 1.29 is 28.7 Å². The normalized spacial score (nSPS) is 15.3. The van der Waals surface area contributed by atoms with Gasteiger partial charge in [-0.15, -0.1) is 0 Å². The third-order valence-electron chi connectivity index (χ3n) is 4.25. The molecule has 27 heavy (non-hydrogen) atoms. The largest absolute Gasteiger partial charge is 0.481 e. The molecule has 1 aromatic rings. The van der Waals surface area contributed by atoms with Crippen LogP contribution in [0.2, 0.25) is 0 Å². The van der Waals surface area contributed by atoms with E-state index in [0.29, 0.717) is 11.8 Å². The van der Waals surface area contributed by atoms with Crippen LogP contribution in [0.15, 0.2) is 24.3 Å². The minimum Gasteiger partial charge on any atom is -0.481 e. The van der Waals surface area contributed by atoms with Crippen LogP contribution in [-0.4, -0.2) is 42.9 Å². The highest BCUT2D eigenvalue weighted by molar-refractivity contribution is 5.97. The number of para-hydroxylation sites is 1. The van der Waals surface area contributed by atoms with Gasteiger partial charge in [0.05, 0.1) is 5.56 Å². The molecular weight excluding hydrogens is 352 g/mol. The van der Waals surface area contributed by atoms with Crippen LogP contribution in [0.3, 0.4) is 0 Å². The van der Waals surface area contributed by atoms with Gasteiger partial charge in [0.15, 0.2) is 19.0 Å². The molecule has 8 nitrogen and oxygen atoms in total. The number of benzene rings is 1. The third kappa shape index (κ3) is 6.73. The van der Waals surface area contributed by atoms with Crippen molar-refractivity contribution in [2.75, 3.05) is 6.61 Å².